The van der Waals surface area contributed by atoms with Crippen molar-refractivity contribution in [3.8, 4) is 0 Å². The Morgan fingerprint density at radius 1 is 1.42 bits per heavy atom. The molecule has 1 atom stereocenters. The number of nitrogens with zero attached hydrogens (tertiary/aromatic N) is 2. The van der Waals surface area contributed by atoms with Gasteiger partial charge in [0.1, 0.15) is 5.54 Å². The van der Waals surface area contributed by atoms with Crippen LogP contribution in [0.1, 0.15) is 5.56 Å². The van der Waals surface area contributed by atoms with E-state index in [0.29, 0.717) is 11.3 Å². The van der Waals surface area contributed by atoms with Crippen molar-refractivity contribution in [2.24, 2.45) is 18.5 Å². The first-order valence-electron chi connectivity index (χ1n) is 5.78. The molecule has 19 heavy (non-hydrogen) atoms. The minimum Gasteiger partial charge on any atom is -0.368 e. The Bertz CT molecular complexity index is 569. The maximum absolute atomic E-state index is 11.7. The van der Waals surface area contributed by atoms with E-state index >= 15 is 0 Å². The number of amides is 1. The highest BCUT2D eigenvalue weighted by Gasteiger charge is 2.34. The van der Waals surface area contributed by atoms with E-state index in [9.17, 15) is 4.79 Å². The number of imidazole rings is 1. The van der Waals surface area contributed by atoms with Gasteiger partial charge < -0.3 is 16.0 Å². The highest BCUT2D eigenvalue weighted by molar-refractivity contribution is 7.99. The summed E-state index contributed by atoms with van der Waals surface area (Å²) in [4.78, 5) is 15.9. The minimum absolute atomic E-state index is 0.344. The third kappa shape index (κ3) is 2.80. The molecule has 6 heteroatoms. The molecule has 1 aromatic heterocycles. The molecule has 2 rings (SSSR count). The number of hydrogen-bond donors (Lipinski definition) is 2. The van der Waals surface area contributed by atoms with E-state index in [4.69, 9.17) is 11.5 Å². The number of carbonyl (C=O) groups excluding carboxylic acids is 1. The summed E-state index contributed by atoms with van der Waals surface area (Å²) in [5, 5.41) is 0.798. The van der Waals surface area contributed by atoms with Crippen molar-refractivity contribution in [1.82, 2.24) is 9.55 Å². The third-order valence-electron chi connectivity index (χ3n) is 2.93. The molecule has 4 N–H and O–H groups in total. The highest BCUT2D eigenvalue weighted by atomic mass is 32.2. The number of thioether (sulfide) groups is 1. The topological polar surface area (TPSA) is 86.9 Å². The normalized spacial score (nSPS) is 14.0. The van der Waals surface area contributed by atoms with Gasteiger partial charge in [-0.25, -0.2) is 4.98 Å². The van der Waals surface area contributed by atoms with Crippen LogP contribution in [0.5, 0.6) is 0 Å². The van der Waals surface area contributed by atoms with Crippen molar-refractivity contribution in [2.75, 3.05) is 5.75 Å². The van der Waals surface area contributed by atoms with E-state index < -0.39 is 11.4 Å². The van der Waals surface area contributed by atoms with Crippen LogP contribution < -0.4 is 11.5 Å². The second-order valence-corrected chi connectivity index (χ2v) is 5.25. The number of aryl methyl sites for hydroxylation is 1. The zero-order chi connectivity index (χ0) is 13.9. The Morgan fingerprint density at radius 3 is 2.63 bits per heavy atom. The molecule has 1 aromatic carbocycles. The van der Waals surface area contributed by atoms with Crippen LogP contribution in [-0.4, -0.2) is 21.2 Å². The Labute approximate surface area is 116 Å². The third-order valence-corrected chi connectivity index (χ3v) is 4.19. The van der Waals surface area contributed by atoms with Gasteiger partial charge in [-0.3, -0.25) is 4.79 Å². The van der Waals surface area contributed by atoms with E-state index in [1.54, 1.807) is 6.20 Å². The van der Waals surface area contributed by atoms with Gasteiger partial charge in [0.05, 0.1) is 0 Å². The molecule has 2 aromatic rings. The van der Waals surface area contributed by atoms with Crippen molar-refractivity contribution in [3.63, 3.8) is 0 Å². The molecule has 1 unspecified atom stereocenters. The van der Waals surface area contributed by atoms with E-state index in [-0.39, 0.29) is 0 Å². The van der Waals surface area contributed by atoms with Crippen molar-refractivity contribution < 1.29 is 4.79 Å². The fraction of sp³-hybridized carbons (Fsp3) is 0.231. The molecule has 0 fully saturated rings. The summed E-state index contributed by atoms with van der Waals surface area (Å²) in [6, 6.07) is 9.17. The first-order chi connectivity index (χ1) is 9.04. The summed E-state index contributed by atoms with van der Waals surface area (Å²) in [6.45, 7) is 0. The first-order valence-corrected chi connectivity index (χ1v) is 6.77. The van der Waals surface area contributed by atoms with Crippen LogP contribution in [-0.2, 0) is 17.4 Å². The second-order valence-electron chi connectivity index (χ2n) is 4.31. The SMILES string of the molecule is Cn1ccnc1SCC(N)(C(N)=O)c1ccccc1. The van der Waals surface area contributed by atoms with Crippen molar-refractivity contribution in [2.45, 2.75) is 10.7 Å². The van der Waals surface area contributed by atoms with E-state index in [0.717, 1.165) is 5.16 Å². The number of rotatable bonds is 5. The average molecular weight is 276 g/mol. The molecule has 0 aliphatic carbocycles. The fourth-order valence-electron chi connectivity index (χ4n) is 1.70. The summed E-state index contributed by atoms with van der Waals surface area (Å²) in [5.74, 6) is -0.197. The maximum Gasteiger partial charge on any atom is 0.243 e. The van der Waals surface area contributed by atoms with Gasteiger partial charge >= 0.3 is 0 Å². The monoisotopic (exact) mass is 276 g/mol. The van der Waals surface area contributed by atoms with Gasteiger partial charge in [-0.15, -0.1) is 0 Å². The lowest BCUT2D eigenvalue weighted by Crippen LogP contribution is -2.51. The van der Waals surface area contributed by atoms with Gasteiger partial charge in [-0.05, 0) is 5.56 Å². The lowest BCUT2D eigenvalue weighted by atomic mass is 9.92. The highest BCUT2D eigenvalue weighted by Crippen LogP contribution is 2.26. The largest absolute Gasteiger partial charge is 0.368 e. The molecule has 1 amide bonds. The standard InChI is InChI=1S/C13H16N4OS/c1-17-8-7-16-12(17)19-9-13(15,11(14)18)10-5-3-2-4-6-10/h2-8H,9,15H2,1H3,(H2,14,18). The summed E-state index contributed by atoms with van der Waals surface area (Å²) in [6.07, 6.45) is 3.54. The second kappa shape index (κ2) is 5.46. The summed E-state index contributed by atoms with van der Waals surface area (Å²) < 4.78 is 1.87. The summed E-state index contributed by atoms with van der Waals surface area (Å²) in [5.41, 5.74) is 11.2. The zero-order valence-corrected chi connectivity index (χ0v) is 11.4. The van der Waals surface area contributed by atoms with Gasteiger partial charge in [0, 0.05) is 25.2 Å². The van der Waals surface area contributed by atoms with Crippen LogP contribution in [0.3, 0.4) is 0 Å². The van der Waals surface area contributed by atoms with Crippen LogP contribution in [0.4, 0.5) is 0 Å². The molecule has 0 radical (unpaired) electrons. The first kappa shape index (κ1) is 13.6. The Kier molecular flexibility index (Phi) is 3.92. The molecule has 5 nitrogen and oxygen atoms in total. The molecule has 0 saturated heterocycles. The van der Waals surface area contributed by atoms with Gasteiger partial charge in [0.15, 0.2) is 5.16 Å². The van der Waals surface area contributed by atoms with Crippen molar-refractivity contribution in [1.29, 1.82) is 0 Å². The van der Waals surface area contributed by atoms with Crippen LogP contribution in [0.25, 0.3) is 0 Å². The van der Waals surface area contributed by atoms with Crippen LogP contribution >= 0.6 is 11.8 Å². The average Bonchev–Trinajstić information content (AvgIpc) is 2.82. The molecule has 0 spiro atoms. The Morgan fingerprint density at radius 2 is 2.11 bits per heavy atom. The zero-order valence-electron chi connectivity index (χ0n) is 10.6. The van der Waals surface area contributed by atoms with E-state index in [1.807, 2.05) is 48.1 Å². The predicted octanol–water partition coefficient (Wildman–Crippen LogP) is 0.852. The van der Waals surface area contributed by atoms with Gasteiger partial charge in [0.25, 0.3) is 0 Å². The molecular weight excluding hydrogens is 260 g/mol. The molecule has 0 aliphatic rings. The maximum atomic E-state index is 11.7. The number of aromatic nitrogens is 2. The van der Waals surface area contributed by atoms with Crippen LogP contribution in [0.2, 0.25) is 0 Å². The minimum atomic E-state index is -1.20. The smallest absolute Gasteiger partial charge is 0.243 e. The molecule has 0 saturated carbocycles. The lowest BCUT2D eigenvalue weighted by molar-refractivity contribution is -0.122. The predicted molar refractivity (Wildman–Crippen MR) is 75.4 cm³/mol. The summed E-state index contributed by atoms with van der Waals surface area (Å²) in [7, 11) is 1.89. The quantitative estimate of drug-likeness (QED) is 0.793. The van der Waals surface area contributed by atoms with Crippen molar-refractivity contribution in [3.05, 3.63) is 48.3 Å². The number of hydrogen-bond acceptors (Lipinski definition) is 4. The molecule has 1 heterocycles. The van der Waals surface area contributed by atoms with Gasteiger partial charge in [0.2, 0.25) is 5.91 Å². The number of nitrogens with two attached hydrogens (primary N) is 2. The molecule has 100 valence electrons. The summed E-state index contributed by atoms with van der Waals surface area (Å²) >= 11 is 1.41. The van der Waals surface area contributed by atoms with E-state index in [2.05, 4.69) is 4.98 Å². The number of carbonyl (C=O) groups is 1. The number of benzene rings is 1. The molecule has 0 bridgehead atoms. The van der Waals surface area contributed by atoms with Gasteiger partial charge in [-0.2, -0.15) is 0 Å². The number of primary amides is 1. The van der Waals surface area contributed by atoms with Crippen LogP contribution in [0.15, 0.2) is 47.9 Å². The van der Waals surface area contributed by atoms with E-state index in [1.165, 1.54) is 11.8 Å². The molecular formula is C13H16N4OS. The Hall–Kier alpha value is -1.79. The fourth-order valence-corrected chi connectivity index (χ4v) is 2.77. The van der Waals surface area contributed by atoms with Crippen molar-refractivity contribution >= 4 is 17.7 Å². The Balaban J connectivity index is 2.22. The molecule has 0 aliphatic heterocycles. The van der Waals surface area contributed by atoms with Gasteiger partial charge in [-0.1, -0.05) is 42.1 Å². The van der Waals surface area contributed by atoms with Crippen LogP contribution in [0, 0.1) is 0 Å². The lowest BCUT2D eigenvalue weighted by Gasteiger charge is -2.25.